The number of nitro benzene ring substituents is 1. The highest BCUT2D eigenvalue weighted by Crippen LogP contribution is 2.32. The van der Waals surface area contributed by atoms with Crippen molar-refractivity contribution in [2.24, 2.45) is 0 Å². The van der Waals surface area contributed by atoms with E-state index in [9.17, 15) is 14.9 Å². The van der Waals surface area contributed by atoms with Crippen LogP contribution in [-0.4, -0.2) is 66.9 Å². The number of nitro groups is 1. The monoisotopic (exact) mass is 451 g/mol. The quantitative estimate of drug-likeness (QED) is 0.294. The lowest BCUT2D eigenvalue weighted by molar-refractivity contribution is -0.384. The first-order valence-electron chi connectivity index (χ1n) is 10.6. The molecule has 3 aromatic rings. The molecule has 1 saturated heterocycles. The van der Waals surface area contributed by atoms with Crippen molar-refractivity contribution >= 4 is 11.7 Å². The molecule has 33 heavy (non-hydrogen) atoms. The number of ether oxygens (including phenoxy) is 3. The molecule has 0 amide bonds. The SMILES string of the molecule is COC(=O)c1cc(-c2ccccc2)cn1-c1cc(OCCN2CCOCC2)ccc1[N+](=O)[O-]. The van der Waals surface area contributed by atoms with E-state index in [0.29, 0.717) is 25.6 Å². The standard InChI is InChI=1S/C24H25N3O6/c1-31-24(28)23-15-19(18-5-3-2-4-6-18)17-26(23)22-16-20(7-8-21(22)27(29)30)33-14-11-25-9-12-32-13-10-25/h2-8,15-17H,9-14H2,1H3. The van der Waals surface area contributed by atoms with E-state index in [1.165, 1.54) is 17.7 Å². The van der Waals surface area contributed by atoms with Gasteiger partial charge in [-0.05, 0) is 17.7 Å². The van der Waals surface area contributed by atoms with Crippen LogP contribution in [0.25, 0.3) is 16.8 Å². The van der Waals surface area contributed by atoms with E-state index < -0.39 is 10.9 Å². The molecule has 0 bridgehead atoms. The van der Waals surface area contributed by atoms with Crippen molar-refractivity contribution in [2.45, 2.75) is 0 Å². The van der Waals surface area contributed by atoms with Gasteiger partial charge in [-0.3, -0.25) is 15.0 Å². The number of hydrogen-bond acceptors (Lipinski definition) is 7. The Bertz CT molecular complexity index is 1120. The average Bonchev–Trinajstić information content (AvgIpc) is 3.30. The molecule has 0 unspecified atom stereocenters. The number of rotatable bonds is 8. The number of carbonyl (C=O) groups excluding carboxylic acids is 1. The molecule has 0 N–H and O–H groups in total. The molecule has 9 nitrogen and oxygen atoms in total. The fourth-order valence-corrected chi connectivity index (χ4v) is 3.77. The number of hydrogen-bond donors (Lipinski definition) is 0. The fourth-order valence-electron chi connectivity index (χ4n) is 3.77. The number of methoxy groups -OCH3 is 1. The largest absolute Gasteiger partial charge is 0.492 e. The van der Waals surface area contributed by atoms with Crippen LogP contribution in [0.3, 0.4) is 0 Å². The van der Waals surface area contributed by atoms with E-state index in [2.05, 4.69) is 4.90 Å². The van der Waals surface area contributed by atoms with E-state index in [1.54, 1.807) is 24.4 Å². The van der Waals surface area contributed by atoms with Crippen molar-refractivity contribution in [1.29, 1.82) is 0 Å². The summed E-state index contributed by atoms with van der Waals surface area (Å²) in [5, 5.41) is 11.8. The smallest absolute Gasteiger partial charge is 0.355 e. The van der Waals surface area contributed by atoms with Gasteiger partial charge in [-0.1, -0.05) is 30.3 Å². The summed E-state index contributed by atoms with van der Waals surface area (Å²) in [5.41, 5.74) is 1.89. The lowest BCUT2D eigenvalue weighted by atomic mass is 10.1. The summed E-state index contributed by atoms with van der Waals surface area (Å²) in [6.07, 6.45) is 1.70. The van der Waals surface area contributed by atoms with Crippen LogP contribution in [0.5, 0.6) is 5.75 Å². The normalized spacial score (nSPS) is 14.1. The minimum Gasteiger partial charge on any atom is -0.492 e. The topological polar surface area (TPSA) is 96.1 Å². The molecule has 2 aromatic carbocycles. The summed E-state index contributed by atoms with van der Waals surface area (Å²) in [7, 11) is 1.28. The van der Waals surface area contributed by atoms with Crippen molar-refractivity contribution in [1.82, 2.24) is 9.47 Å². The molecule has 1 aromatic heterocycles. The van der Waals surface area contributed by atoms with Gasteiger partial charge in [-0.2, -0.15) is 0 Å². The summed E-state index contributed by atoms with van der Waals surface area (Å²) < 4.78 is 17.7. The Hall–Kier alpha value is -3.69. The molecule has 1 fully saturated rings. The van der Waals surface area contributed by atoms with Crippen LogP contribution in [0.15, 0.2) is 60.8 Å². The van der Waals surface area contributed by atoms with E-state index in [-0.39, 0.29) is 17.1 Å². The number of aromatic nitrogens is 1. The second-order valence-corrected chi connectivity index (χ2v) is 7.55. The van der Waals surface area contributed by atoms with Crippen LogP contribution in [0.4, 0.5) is 5.69 Å². The summed E-state index contributed by atoms with van der Waals surface area (Å²) in [6.45, 7) is 4.27. The molecule has 0 saturated carbocycles. The van der Waals surface area contributed by atoms with Crippen LogP contribution in [0.2, 0.25) is 0 Å². The maximum absolute atomic E-state index is 12.5. The molecule has 2 heterocycles. The Morgan fingerprint density at radius 3 is 2.55 bits per heavy atom. The highest BCUT2D eigenvalue weighted by atomic mass is 16.6. The summed E-state index contributed by atoms with van der Waals surface area (Å²) in [5.74, 6) is -0.111. The van der Waals surface area contributed by atoms with E-state index in [4.69, 9.17) is 14.2 Å². The molecule has 0 radical (unpaired) electrons. The molecule has 172 valence electrons. The van der Waals surface area contributed by atoms with Crippen LogP contribution < -0.4 is 4.74 Å². The van der Waals surface area contributed by atoms with Gasteiger partial charge in [-0.25, -0.2) is 4.79 Å². The molecule has 1 aliphatic rings. The van der Waals surface area contributed by atoms with Gasteiger partial charge >= 0.3 is 5.97 Å². The summed E-state index contributed by atoms with van der Waals surface area (Å²) in [6, 6.07) is 15.7. The van der Waals surface area contributed by atoms with Gasteiger partial charge in [0.05, 0.1) is 25.2 Å². The van der Waals surface area contributed by atoms with Gasteiger partial charge in [0.2, 0.25) is 0 Å². The molecule has 4 rings (SSSR count). The summed E-state index contributed by atoms with van der Waals surface area (Å²) in [4.78, 5) is 26.0. The van der Waals surface area contributed by atoms with Crippen molar-refractivity contribution in [3.63, 3.8) is 0 Å². The molecule has 1 aliphatic heterocycles. The molecular weight excluding hydrogens is 426 g/mol. The first-order valence-corrected chi connectivity index (χ1v) is 10.6. The number of nitrogens with zero attached hydrogens (tertiary/aromatic N) is 3. The van der Waals surface area contributed by atoms with Crippen LogP contribution in [-0.2, 0) is 9.47 Å². The zero-order valence-electron chi connectivity index (χ0n) is 18.3. The number of morpholine rings is 1. The molecule has 0 spiro atoms. The highest BCUT2D eigenvalue weighted by molar-refractivity contribution is 5.91. The van der Waals surface area contributed by atoms with E-state index in [1.807, 2.05) is 30.3 Å². The number of esters is 1. The zero-order chi connectivity index (χ0) is 23.2. The third kappa shape index (κ3) is 5.21. The van der Waals surface area contributed by atoms with Gasteiger partial charge in [0.15, 0.2) is 0 Å². The average molecular weight is 451 g/mol. The van der Waals surface area contributed by atoms with E-state index >= 15 is 0 Å². The Morgan fingerprint density at radius 1 is 1.09 bits per heavy atom. The van der Waals surface area contributed by atoms with Crippen molar-refractivity contribution in [2.75, 3.05) is 46.6 Å². The lowest BCUT2D eigenvalue weighted by Crippen LogP contribution is -2.38. The Morgan fingerprint density at radius 2 is 1.85 bits per heavy atom. The van der Waals surface area contributed by atoms with E-state index in [0.717, 1.165) is 30.8 Å². The van der Waals surface area contributed by atoms with Crippen molar-refractivity contribution < 1.29 is 23.9 Å². The van der Waals surface area contributed by atoms with Crippen LogP contribution in [0, 0.1) is 10.1 Å². The summed E-state index contributed by atoms with van der Waals surface area (Å²) >= 11 is 0. The third-order valence-electron chi connectivity index (χ3n) is 5.50. The zero-order valence-corrected chi connectivity index (χ0v) is 18.3. The Labute approximate surface area is 191 Å². The minimum absolute atomic E-state index is 0.143. The highest BCUT2D eigenvalue weighted by Gasteiger charge is 2.23. The predicted molar refractivity (Wildman–Crippen MR) is 122 cm³/mol. The number of carbonyl (C=O) groups is 1. The predicted octanol–water partition coefficient (Wildman–Crippen LogP) is 3.55. The van der Waals surface area contributed by atoms with Gasteiger partial charge in [0, 0.05) is 43.5 Å². The Balaban J connectivity index is 1.67. The molecule has 9 heteroatoms. The fraction of sp³-hybridized carbons (Fsp3) is 0.292. The second-order valence-electron chi connectivity index (χ2n) is 7.55. The molecule has 0 aliphatic carbocycles. The minimum atomic E-state index is -0.592. The maximum Gasteiger partial charge on any atom is 0.355 e. The maximum atomic E-state index is 12.5. The first-order chi connectivity index (χ1) is 16.1. The van der Waals surface area contributed by atoms with Crippen molar-refractivity contribution in [3.05, 3.63) is 76.6 Å². The van der Waals surface area contributed by atoms with Crippen LogP contribution in [0.1, 0.15) is 10.5 Å². The van der Waals surface area contributed by atoms with Crippen LogP contribution >= 0.6 is 0 Å². The first kappa shape index (κ1) is 22.5. The number of benzene rings is 2. The van der Waals surface area contributed by atoms with Gasteiger partial charge in [0.1, 0.15) is 23.7 Å². The third-order valence-corrected chi connectivity index (χ3v) is 5.50. The van der Waals surface area contributed by atoms with Gasteiger partial charge < -0.3 is 18.8 Å². The van der Waals surface area contributed by atoms with Crippen molar-refractivity contribution in [3.8, 4) is 22.6 Å². The lowest BCUT2D eigenvalue weighted by Gasteiger charge is -2.26. The second kappa shape index (κ2) is 10.3. The molecular formula is C24H25N3O6. The van der Waals surface area contributed by atoms with Gasteiger partial charge in [-0.15, -0.1) is 0 Å². The Kier molecular flexibility index (Phi) is 7.01. The van der Waals surface area contributed by atoms with Gasteiger partial charge in [0.25, 0.3) is 5.69 Å². The molecule has 0 atom stereocenters.